The van der Waals surface area contributed by atoms with Crippen molar-refractivity contribution in [2.75, 3.05) is 19.8 Å². The smallest absolute Gasteiger partial charge is 0.408 e. The number of amides is 4. The Morgan fingerprint density at radius 1 is 1.15 bits per heavy atom. The molecule has 3 heterocycles. The van der Waals surface area contributed by atoms with Crippen LogP contribution < -0.4 is 16.0 Å². The molecule has 4 amide bonds. The lowest BCUT2D eigenvalue weighted by atomic mass is 9.85. The van der Waals surface area contributed by atoms with Crippen LogP contribution in [-0.4, -0.2) is 95.8 Å². The zero-order chi connectivity index (χ0) is 34.8. The highest BCUT2D eigenvalue weighted by Gasteiger charge is 2.56. The SMILES string of the molecule is CCC[C@H](NC(=O)[C@@H]1C[C@]2(CC(c3cc(F)cc(Cl)c3)=NO2)CN1C(=O)[C@@H](NC(=O)O[C@H]1CCOC1)C(C)(C)C)C(=O)C(=O)NC1CC1. The van der Waals surface area contributed by atoms with Gasteiger partial charge in [0, 0.05) is 35.9 Å². The lowest BCUT2D eigenvalue weighted by molar-refractivity contribution is -0.144. The second kappa shape index (κ2) is 14.4. The number of carbonyl (C=O) groups is 5. The minimum Gasteiger partial charge on any atom is -0.444 e. The van der Waals surface area contributed by atoms with E-state index in [1.807, 2.05) is 6.92 Å². The number of nitrogens with zero attached hydrogens (tertiary/aromatic N) is 2. The average molecular weight is 692 g/mol. The van der Waals surface area contributed by atoms with Gasteiger partial charge in [0.2, 0.25) is 17.6 Å². The van der Waals surface area contributed by atoms with E-state index in [0.29, 0.717) is 30.7 Å². The quantitative estimate of drug-likeness (QED) is 0.298. The van der Waals surface area contributed by atoms with Crippen LogP contribution in [-0.2, 0) is 33.5 Å². The number of likely N-dealkylation sites (tertiary alicyclic amines) is 1. The molecule has 1 spiro atoms. The van der Waals surface area contributed by atoms with Crippen molar-refractivity contribution in [3.8, 4) is 0 Å². The van der Waals surface area contributed by atoms with Gasteiger partial charge < -0.3 is 35.2 Å². The van der Waals surface area contributed by atoms with Crippen LogP contribution in [0.2, 0.25) is 5.02 Å². The Morgan fingerprint density at radius 2 is 1.90 bits per heavy atom. The van der Waals surface area contributed by atoms with Gasteiger partial charge >= 0.3 is 6.09 Å². The molecule has 5 rings (SSSR count). The molecule has 4 aliphatic rings. The lowest BCUT2D eigenvalue weighted by Crippen LogP contribution is -2.59. The Morgan fingerprint density at radius 3 is 2.52 bits per heavy atom. The molecule has 1 aliphatic carbocycles. The van der Waals surface area contributed by atoms with E-state index in [1.54, 1.807) is 26.8 Å². The second-order valence-electron chi connectivity index (χ2n) is 14.1. The molecule has 262 valence electrons. The van der Waals surface area contributed by atoms with Gasteiger partial charge in [0.25, 0.3) is 5.91 Å². The van der Waals surface area contributed by atoms with Gasteiger partial charge in [0.1, 0.15) is 24.0 Å². The minimum atomic E-state index is -1.18. The minimum absolute atomic E-state index is 0.0251. The highest BCUT2D eigenvalue weighted by Crippen LogP contribution is 2.40. The number of ether oxygens (including phenoxy) is 2. The summed E-state index contributed by atoms with van der Waals surface area (Å²) in [6.07, 6.45) is 1.69. The number of hydrogen-bond donors (Lipinski definition) is 3. The first-order valence-corrected chi connectivity index (χ1v) is 16.8. The van der Waals surface area contributed by atoms with Crippen molar-refractivity contribution in [1.82, 2.24) is 20.9 Å². The predicted octanol–water partition coefficient (Wildman–Crippen LogP) is 3.01. The summed E-state index contributed by atoms with van der Waals surface area (Å²) in [5, 5.41) is 12.4. The van der Waals surface area contributed by atoms with Crippen LogP contribution in [0.5, 0.6) is 0 Å². The van der Waals surface area contributed by atoms with E-state index in [4.69, 9.17) is 25.9 Å². The van der Waals surface area contributed by atoms with Crippen molar-refractivity contribution >= 4 is 46.9 Å². The Kier molecular flexibility index (Phi) is 10.6. The zero-order valence-corrected chi connectivity index (χ0v) is 28.4. The third-order valence-electron chi connectivity index (χ3n) is 8.90. The molecular weight excluding hydrogens is 649 g/mol. The van der Waals surface area contributed by atoms with Crippen LogP contribution in [0.15, 0.2) is 23.4 Å². The predicted molar refractivity (Wildman–Crippen MR) is 172 cm³/mol. The summed E-state index contributed by atoms with van der Waals surface area (Å²) >= 11 is 6.09. The molecule has 3 aliphatic heterocycles. The van der Waals surface area contributed by atoms with E-state index < -0.39 is 70.7 Å². The fourth-order valence-corrected chi connectivity index (χ4v) is 6.42. The number of Topliss-reactive ketones (excluding diaryl/α,β-unsaturated/α-hetero) is 1. The molecule has 1 aromatic carbocycles. The topological polar surface area (TPSA) is 165 Å². The van der Waals surface area contributed by atoms with Crippen molar-refractivity contribution in [3.63, 3.8) is 0 Å². The van der Waals surface area contributed by atoms with E-state index in [1.165, 1.54) is 11.0 Å². The van der Waals surface area contributed by atoms with Gasteiger partial charge in [-0.05, 0) is 42.9 Å². The van der Waals surface area contributed by atoms with Gasteiger partial charge in [-0.1, -0.05) is 50.9 Å². The molecule has 5 atom stereocenters. The van der Waals surface area contributed by atoms with Crippen LogP contribution in [0.1, 0.15) is 78.2 Å². The maximum atomic E-state index is 14.4. The summed E-state index contributed by atoms with van der Waals surface area (Å²) in [7, 11) is 0. The number of ketones is 1. The number of oxime groups is 1. The summed E-state index contributed by atoms with van der Waals surface area (Å²) < 4.78 is 25.0. The van der Waals surface area contributed by atoms with E-state index in [2.05, 4.69) is 21.1 Å². The van der Waals surface area contributed by atoms with E-state index in [-0.39, 0.29) is 43.5 Å². The highest BCUT2D eigenvalue weighted by molar-refractivity contribution is 6.38. The molecule has 3 N–H and O–H groups in total. The first kappa shape index (κ1) is 35.5. The van der Waals surface area contributed by atoms with Gasteiger partial charge in [-0.3, -0.25) is 19.2 Å². The number of rotatable bonds is 11. The molecule has 1 aromatic rings. The molecule has 3 fully saturated rings. The molecular formula is C33H43ClFN5O8. The Bertz CT molecular complexity index is 1450. The number of halogens is 2. The first-order chi connectivity index (χ1) is 22.7. The molecule has 13 nitrogen and oxygen atoms in total. The monoisotopic (exact) mass is 691 g/mol. The van der Waals surface area contributed by atoms with Gasteiger partial charge in [0.05, 0.1) is 31.5 Å². The molecule has 0 aromatic heterocycles. The number of hydrogen-bond acceptors (Lipinski definition) is 9. The van der Waals surface area contributed by atoms with E-state index in [9.17, 15) is 28.4 Å². The van der Waals surface area contributed by atoms with Crippen molar-refractivity contribution in [1.29, 1.82) is 0 Å². The normalized spacial score (nSPS) is 24.8. The first-order valence-electron chi connectivity index (χ1n) is 16.4. The van der Waals surface area contributed by atoms with Crippen molar-refractivity contribution < 1.29 is 42.7 Å². The van der Waals surface area contributed by atoms with Crippen LogP contribution in [0.25, 0.3) is 0 Å². The standard InChI is InChI=1S/C33H43ClFN5O8/c1-5-6-23(26(41)29(43)36-21-7-8-21)37-28(42)25-15-33(14-24(39-48-33)18-11-19(34)13-20(35)12-18)17-40(25)30(44)27(32(2,3)4)38-31(45)47-22-9-10-46-16-22/h11-13,21-23,25,27H,5-10,14-17H2,1-4H3,(H,36,43)(H,37,42)(H,38,45)/t22-,23-,25-,27+,33+/m0/s1. The molecule has 0 bridgehead atoms. The van der Waals surface area contributed by atoms with Crippen LogP contribution >= 0.6 is 11.6 Å². The second-order valence-corrected chi connectivity index (χ2v) is 14.6. The molecule has 1 saturated carbocycles. The van der Waals surface area contributed by atoms with Gasteiger partial charge in [-0.25, -0.2) is 9.18 Å². The van der Waals surface area contributed by atoms with Gasteiger partial charge in [0.15, 0.2) is 5.60 Å². The Balaban J connectivity index is 1.39. The summed E-state index contributed by atoms with van der Waals surface area (Å²) in [6, 6.07) is 0.536. The number of nitrogens with one attached hydrogen (secondary N) is 3. The van der Waals surface area contributed by atoms with Crippen LogP contribution in [0.3, 0.4) is 0 Å². The third kappa shape index (κ3) is 8.43. The lowest BCUT2D eigenvalue weighted by Gasteiger charge is -2.35. The van der Waals surface area contributed by atoms with Crippen LogP contribution in [0.4, 0.5) is 9.18 Å². The number of benzene rings is 1. The molecule has 48 heavy (non-hydrogen) atoms. The molecule has 0 unspecified atom stereocenters. The third-order valence-corrected chi connectivity index (χ3v) is 9.12. The van der Waals surface area contributed by atoms with Crippen molar-refractivity contribution in [2.24, 2.45) is 10.6 Å². The maximum absolute atomic E-state index is 14.4. The zero-order valence-electron chi connectivity index (χ0n) is 27.6. The van der Waals surface area contributed by atoms with Crippen molar-refractivity contribution in [2.45, 2.75) is 109 Å². The summed E-state index contributed by atoms with van der Waals surface area (Å²) in [5.41, 5.74) is -1.22. The number of carbonyl (C=O) groups excluding carboxylic acids is 5. The average Bonchev–Trinajstić information content (AvgIpc) is 3.37. The summed E-state index contributed by atoms with van der Waals surface area (Å²) in [4.78, 5) is 74.4. The molecule has 0 radical (unpaired) electrons. The van der Waals surface area contributed by atoms with Crippen LogP contribution in [0, 0.1) is 11.2 Å². The Hall–Kier alpha value is -3.78. The largest absolute Gasteiger partial charge is 0.444 e. The maximum Gasteiger partial charge on any atom is 0.408 e. The molecule has 2 saturated heterocycles. The van der Waals surface area contributed by atoms with E-state index in [0.717, 1.165) is 18.9 Å². The summed E-state index contributed by atoms with van der Waals surface area (Å²) in [5.74, 6) is -3.32. The van der Waals surface area contributed by atoms with Crippen molar-refractivity contribution in [3.05, 3.63) is 34.6 Å². The fraction of sp³-hybridized carbons (Fsp3) is 0.636. The number of alkyl carbamates (subject to hydrolysis) is 1. The van der Waals surface area contributed by atoms with Gasteiger partial charge in [-0.2, -0.15) is 0 Å². The molecule has 15 heteroatoms. The Labute approximate surface area is 283 Å². The highest BCUT2D eigenvalue weighted by atomic mass is 35.5. The van der Waals surface area contributed by atoms with E-state index >= 15 is 0 Å². The fourth-order valence-electron chi connectivity index (χ4n) is 6.20. The summed E-state index contributed by atoms with van der Waals surface area (Å²) in [6.45, 7) is 7.74. The van der Waals surface area contributed by atoms with Gasteiger partial charge in [-0.15, -0.1) is 0 Å².